The Bertz CT molecular complexity index is 1620. The summed E-state index contributed by atoms with van der Waals surface area (Å²) in [6.07, 6.45) is 0. The third-order valence-corrected chi connectivity index (χ3v) is 8.56. The maximum absolute atomic E-state index is 13.4. The summed E-state index contributed by atoms with van der Waals surface area (Å²) in [5, 5.41) is 17.8. The third-order valence-electron chi connectivity index (χ3n) is 7.97. The van der Waals surface area contributed by atoms with Gasteiger partial charge in [-0.3, -0.25) is 19.8 Å². The van der Waals surface area contributed by atoms with Crippen molar-refractivity contribution in [1.82, 2.24) is 4.90 Å². The zero-order valence-electron chi connectivity index (χ0n) is 21.4. The van der Waals surface area contributed by atoms with Crippen LogP contribution >= 0.6 is 15.9 Å². The van der Waals surface area contributed by atoms with E-state index in [1.165, 1.54) is 0 Å². The van der Waals surface area contributed by atoms with Gasteiger partial charge in [0.05, 0.1) is 17.5 Å². The Labute approximate surface area is 233 Å². The van der Waals surface area contributed by atoms with Gasteiger partial charge >= 0.3 is 0 Å². The number of halogens is 1. The zero-order valence-corrected chi connectivity index (χ0v) is 23.0. The minimum absolute atomic E-state index is 0.318. The number of benzene rings is 4. The average molecular weight is 588 g/mol. The van der Waals surface area contributed by atoms with Crippen LogP contribution in [-0.4, -0.2) is 42.5 Å². The minimum Gasteiger partial charge on any atom is -0.493 e. The first kappa shape index (κ1) is 25.3. The number of likely N-dealkylation sites (tertiary alicyclic amines) is 1. The van der Waals surface area contributed by atoms with E-state index in [2.05, 4.69) is 39.4 Å². The first-order valence-electron chi connectivity index (χ1n) is 12.6. The lowest BCUT2D eigenvalue weighted by molar-refractivity contribution is -0.534. The Hall–Kier alpha value is -3.95. The fourth-order valence-electron chi connectivity index (χ4n) is 6.24. The normalized spacial score (nSPS) is 22.2. The summed E-state index contributed by atoms with van der Waals surface area (Å²) in [5.74, 6) is 0.0224. The van der Waals surface area contributed by atoms with Gasteiger partial charge in [-0.05, 0) is 63.1 Å². The standard InChI is InChI=1S/C30H26BrN3O5/c1-33-16-22(28(34(36)37)30(33)23-12-5-6-13-25(23)32-29(30)35)20-14-24(31)27(26(15-20)38-2)39-17-19-10-7-9-18-8-3-4-11-21(18)19/h3-15,22,28H,16-17H2,1-2H3,(H,32,35)/t22-,28+,30-/m0/s1. The maximum atomic E-state index is 13.4. The number of nitrogens with zero attached hydrogens (tertiary/aromatic N) is 2. The number of hydrogen-bond donors (Lipinski definition) is 1. The van der Waals surface area contributed by atoms with Gasteiger partial charge in [-0.25, -0.2) is 0 Å². The molecule has 0 radical (unpaired) electrons. The van der Waals surface area contributed by atoms with Crippen LogP contribution < -0.4 is 14.8 Å². The Morgan fingerprint density at radius 1 is 1.10 bits per heavy atom. The highest BCUT2D eigenvalue weighted by molar-refractivity contribution is 9.10. The number of carbonyl (C=O) groups excluding carboxylic acids is 1. The van der Waals surface area contributed by atoms with E-state index in [4.69, 9.17) is 9.47 Å². The Morgan fingerprint density at radius 2 is 1.85 bits per heavy atom. The van der Waals surface area contributed by atoms with Crippen LogP contribution in [0.1, 0.15) is 22.6 Å². The molecule has 3 atom stereocenters. The molecule has 0 aromatic heterocycles. The van der Waals surface area contributed by atoms with Crippen molar-refractivity contribution in [2.45, 2.75) is 24.1 Å². The van der Waals surface area contributed by atoms with Crippen LogP contribution in [0.2, 0.25) is 0 Å². The van der Waals surface area contributed by atoms with Crippen molar-refractivity contribution in [3.05, 3.63) is 110 Å². The molecule has 198 valence electrons. The van der Waals surface area contributed by atoms with Crippen LogP contribution in [0.4, 0.5) is 5.69 Å². The number of nitro groups is 1. The molecule has 6 rings (SSSR count). The molecule has 2 heterocycles. The number of methoxy groups -OCH3 is 1. The predicted octanol–water partition coefficient (Wildman–Crippen LogP) is 5.71. The SMILES string of the molecule is COc1cc([C@@H]2CN(C)[C@]3(C(=O)Nc4ccccc43)[C@@H]2[N+](=O)[O-])cc(Br)c1OCc1cccc2ccccc12. The monoisotopic (exact) mass is 587 g/mol. The Kier molecular flexibility index (Phi) is 6.28. The molecule has 8 nitrogen and oxygen atoms in total. The number of anilines is 1. The van der Waals surface area contributed by atoms with Crippen LogP contribution in [0, 0.1) is 10.1 Å². The molecule has 2 aliphatic rings. The number of para-hydroxylation sites is 1. The second-order valence-corrected chi connectivity index (χ2v) is 10.8. The molecule has 1 fully saturated rings. The van der Waals surface area contributed by atoms with E-state index in [1.54, 1.807) is 43.3 Å². The molecule has 0 bridgehead atoms. The van der Waals surface area contributed by atoms with Gasteiger partial charge < -0.3 is 14.8 Å². The molecule has 2 aliphatic heterocycles. The minimum atomic E-state index is -1.41. The van der Waals surface area contributed by atoms with Crippen molar-refractivity contribution in [2.75, 3.05) is 26.0 Å². The van der Waals surface area contributed by atoms with E-state index in [-0.39, 0.29) is 10.8 Å². The van der Waals surface area contributed by atoms with Gasteiger partial charge in [0.1, 0.15) is 6.61 Å². The largest absolute Gasteiger partial charge is 0.493 e. The van der Waals surface area contributed by atoms with Crippen LogP contribution in [0.3, 0.4) is 0 Å². The van der Waals surface area contributed by atoms with E-state index in [0.717, 1.165) is 16.3 Å². The Morgan fingerprint density at radius 3 is 2.64 bits per heavy atom. The first-order valence-corrected chi connectivity index (χ1v) is 13.4. The second kappa shape index (κ2) is 9.66. The highest BCUT2D eigenvalue weighted by atomic mass is 79.9. The van der Waals surface area contributed by atoms with Crippen molar-refractivity contribution >= 4 is 38.3 Å². The molecule has 0 aliphatic carbocycles. The molecule has 1 amide bonds. The van der Waals surface area contributed by atoms with E-state index in [0.29, 0.717) is 45.9 Å². The summed E-state index contributed by atoms with van der Waals surface area (Å²) in [6.45, 7) is 0.638. The highest BCUT2D eigenvalue weighted by Crippen LogP contribution is 2.53. The number of ether oxygens (including phenoxy) is 2. The van der Waals surface area contributed by atoms with Gasteiger partial charge in [0.15, 0.2) is 17.0 Å². The van der Waals surface area contributed by atoms with Crippen LogP contribution in [0.5, 0.6) is 11.5 Å². The van der Waals surface area contributed by atoms with Gasteiger partial charge in [0.25, 0.3) is 11.9 Å². The molecule has 39 heavy (non-hydrogen) atoms. The van der Waals surface area contributed by atoms with E-state index >= 15 is 0 Å². The number of hydrogen-bond acceptors (Lipinski definition) is 6. The summed E-state index contributed by atoms with van der Waals surface area (Å²) >= 11 is 3.63. The summed E-state index contributed by atoms with van der Waals surface area (Å²) in [7, 11) is 3.32. The quantitative estimate of drug-likeness (QED) is 0.229. The van der Waals surface area contributed by atoms with Gasteiger partial charge in [-0.15, -0.1) is 0 Å². The molecule has 1 saturated heterocycles. The average Bonchev–Trinajstić information content (AvgIpc) is 3.41. The number of carbonyl (C=O) groups is 1. The predicted molar refractivity (Wildman–Crippen MR) is 152 cm³/mol. The van der Waals surface area contributed by atoms with Gasteiger partial charge in [0.2, 0.25) is 0 Å². The molecule has 4 aromatic rings. The molecule has 1 N–H and O–H groups in total. The van der Waals surface area contributed by atoms with E-state index in [9.17, 15) is 14.9 Å². The van der Waals surface area contributed by atoms with E-state index in [1.807, 2.05) is 36.4 Å². The van der Waals surface area contributed by atoms with E-state index < -0.39 is 17.5 Å². The summed E-state index contributed by atoms with van der Waals surface area (Å²) in [6, 6.07) is 23.8. The Balaban J connectivity index is 1.37. The number of nitrogens with one attached hydrogen (secondary N) is 1. The molecule has 1 spiro atoms. The number of rotatable bonds is 6. The fourth-order valence-corrected chi connectivity index (χ4v) is 6.82. The molecular formula is C30H26BrN3O5. The molecule has 4 aromatic carbocycles. The first-order chi connectivity index (χ1) is 18.9. The molecular weight excluding hydrogens is 562 g/mol. The van der Waals surface area contributed by atoms with Crippen LogP contribution in [0.25, 0.3) is 10.8 Å². The number of amides is 1. The van der Waals surface area contributed by atoms with Crippen molar-refractivity contribution in [2.24, 2.45) is 0 Å². The van der Waals surface area contributed by atoms with Crippen molar-refractivity contribution in [3.8, 4) is 11.5 Å². The fraction of sp³-hybridized carbons (Fsp3) is 0.233. The van der Waals surface area contributed by atoms with Gasteiger partial charge in [-0.1, -0.05) is 60.7 Å². The highest BCUT2D eigenvalue weighted by Gasteiger charge is 2.68. The van der Waals surface area contributed by atoms with Crippen molar-refractivity contribution in [1.29, 1.82) is 0 Å². The second-order valence-electron chi connectivity index (χ2n) is 9.94. The molecule has 9 heteroatoms. The summed E-state index contributed by atoms with van der Waals surface area (Å²) in [5.41, 5.74) is 1.55. The lowest BCUT2D eigenvalue weighted by atomic mass is 9.79. The number of fused-ring (bicyclic) bond motifs is 3. The van der Waals surface area contributed by atoms with Gasteiger partial charge in [-0.2, -0.15) is 0 Å². The molecule has 0 unspecified atom stereocenters. The molecule has 0 saturated carbocycles. The smallest absolute Gasteiger partial charge is 0.256 e. The van der Waals surface area contributed by atoms with Gasteiger partial charge in [0, 0.05) is 22.7 Å². The van der Waals surface area contributed by atoms with Crippen molar-refractivity contribution < 1.29 is 19.2 Å². The zero-order chi connectivity index (χ0) is 27.3. The van der Waals surface area contributed by atoms with Crippen molar-refractivity contribution in [3.63, 3.8) is 0 Å². The topological polar surface area (TPSA) is 93.9 Å². The summed E-state index contributed by atoms with van der Waals surface area (Å²) < 4.78 is 12.6. The van der Waals surface area contributed by atoms with Crippen LogP contribution in [0.15, 0.2) is 83.3 Å². The maximum Gasteiger partial charge on any atom is 0.256 e. The third kappa shape index (κ3) is 3.87. The lowest BCUT2D eigenvalue weighted by Crippen LogP contribution is -2.54. The lowest BCUT2D eigenvalue weighted by Gasteiger charge is -2.30. The van der Waals surface area contributed by atoms with Crippen LogP contribution in [-0.2, 0) is 16.9 Å². The summed E-state index contributed by atoms with van der Waals surface area (Å²) in [4.78, 5) is 27.5. The number of likely N-dealkylation sites (N-methyl/N-ethyl adjacent to an activating group) is 1.